The van der Waals surface area contributed by atoms with Crippen LogP contribution in [-0.4, -0.2) is 11.6 Å². The molecule has 1 aliphatic rings. The van der Waals surface area contributed by atoms with Crippen molar-refractivity contribution in [2.75, 3.05) is 0 Å². The Balaban J connectivity index is 2.15. The molecule has 1 aliphatic carbocycles. The predicted molar refractivity (Wildman–Crippen MR) is 70.5 cm³/mol. The zero-order valence-corrected chi connectivity index (χ0v) is 10.1. The van der Waals surface area contributed by atoms with Gasteiger partial charge in [0.05, 0.1) is 0 Å². The number of carbonyl (C=O) groups is 1. The van der Waals surface area contributed by atoms with Crippen LogP contribution in [0, 0.1) is 6.92 Å². The number of hydrogen-bond donors (Lipinski definition) is 0. The maximum atomic E-state index is 11.9. The maximum absolute atomic E-state index is 11.9. The number of nitrogens with zero attached hydrogens (tertiary/aromatic N) is 1. The summed E-state index contributed by atoms with van der Waals surface area (Å²) in [7, 11) is 0. The lowest BCUT2D eigenvalue weighted by Crippen LogP contribution is -2.03. The van der Waals surface area contributed by atoms with Crippen molar-refractivity contribution in [2.24, 2.45) is 4.99 Å². The zero-order valence-electron chi connectivity index (χ0n) is 10.1. The average Bonchev–Trinajstić information content (AvgIpc) is 2.33. The van der Waals surface area contributed by atoms with Gasteiger partial charge < -0.3 is 0 Å². The van der Waals surface area contributed by atoms with Gasteiger partial charge in [-0.1, -0.05) is 35.4 Å². The lowest BCUT2D eigenvalue weighted by molar-refractivity contribution is 0.100. The molecule has 2 nitrogen and oxygen atoms in total. The van der Waals surface area contributed by atoms with Gasteiger partial charge in [-0.25, -0.2) is 4.99 Å². The quantitative estimate of drug-likeness (QED) is 0.719. The molecular weight excluding hydrogens is 210 g/mol. The van der Waals surface area contributed by atoms with E-state index in [9.17, 15) is 4.79 Å². The van der Waals surface area contributed by atoms with E-state index in [0.29, 0.717) is 5.56 Å². The Hall–Kier alpha value is -1.96. The Kier molecular flexibility index (Phi) is 3.33. The van der Waals surface area contributed by atoms with Crippen LogP contribution >= 0.6 is 0 Å². The summed E-state index contributed by atoms with van der Waals surface area (Å²) >= 11 is 0. The van der Waals surface area contributed by atoms with E-state index in [0.717, 1.165) is 17.7 Å². The molecule has 0 atom stereocenters. The molecule has 86 valence electrons. The summed E-state index contributed by atoms with van der Waals surface area (Å²) in [6.07, 6.45) is 6.69. The minimum Gasteiger partial charge on any atom is -0.267 e. The van der Waals surface area contributed by atoms with E-state index in [-0.39, 0.29) is 5.91 Å². The summed E-state index contributed by atoms with van der Waals surface area (Å²) in [5, 5.41) is 0. The molecule has 0 N–H and O–H groups in total. The standard InChI is InChI=1S/C15H15NO/c1-11-3-7-13(8-4-11)15(17)16-14-9-5-12(2)6-10-14/h3-9H,10H2,1-2H3. The fraction of sp³-hybridized carbons (Fsp3) is 0.200. The smallest absolute Gasteiger partial charge is 0.267 e. The molecule has 0 saturated heterocycles. The van der Waals surface area contributed by atoms with Crippen LogP contribution in [0.3, 0.4) is 0 Å². The normalized spacial score (nSPS) is 17.1. The molecule has 1 aromatic carbocycles. The van der Waals surface area contributed by atoms with Crippen molar-refractivity contribution in [3.8, 4) is 0 Å². The predicted octanol–water partition coefficient (Wildman–Crippen LogP) is 3.48. The lowest BCUT2D eigenvalue weighted by atomic mass is 10.1. The number of benzene rings is 1. The highest BCUT2D eigenvalue weighted by atomic mass is 16.1. The maximum Gasteiger partial charge on any atom is 0.277 e. The second-order valence-corrected chi connectivity index (χ2v) is 4.26. The van der Waals surface area contributed by atoms with E-state index in [1.165, 1.54) is 5.57 Å². The molecule has 1 aromatic rings. The minimum atomic E-state index is -0.169. The third-order valence-electron chi connectivity index (χ3n) is 2.72. The first-order valence-electron chi connectivity index (χ1n) is 5.68. The van der Waals surface area contributed by atoms with Crippen LogP contribution in [-0.2, 0) is 0 Å². The van der Waals surface area contributed by atoms with E-state index in [1.54, 1.807) is 0 Å². The Morgan fingerprint density at radius 2 is 1.82 bits per heavy atom. The Morgan fingerprint density at radius 3 is 2.41 bits per heavy atom. The van der Waals surface area contributed by atoms with Gasteiger partial charge in [0, 0.05) is 17.7 Å². The van der Waals surface area contributed by atoms with Gasteiger partial charge in [0.15, 0.2) is 0 Å². The van der Waals surface area contributed by atoms with Gasteiger partial charge in [-0.05, 0) is 32.1 Å². The summed E-state index contributed by atoms with van der Waals surface area (Å²) in [6, 6.07) is 7.48. The van der Waals surface area contributed by atoms with Gasteiger partial charge in [-0.3, -0.25) is 4.79 Å². The van der Waals surface area contributed by atoms with E-state index in [1.807, 2.05) is 50.3 Å². The van der Waals surface area contributed by atoms with E-state index < -0.39 is 0 Å². The van der Waals surface area contributed by atoms with E-state index >= 15 is 0 Å². The fourth-order valence-electron chi connectivity index (χ4n) is 1.60. The van der Waals surface area contributed by atoms with Crippen LogP contribution in [0.25, 0.3) is 0 Å². The third kappa shape index (κ3) is 3.00. The van der Waals surface area contributed by atoms with Crippen molar-refractivity contribution in [1.82, 2.24) is 0 Å². The molecule has 1 amide bonds. The first kappa shape index (κ1) is 11.5. The number of aryl methyl sites for hydroxylation is 1. The van der Waals surface area contributed by atoms with Crippen LogP contribution in [0.4, 0.5) is 0 Å². The highest BCUT2D eigenvalue weighted by Crippen LogP contribution is 2.10. The molecule has 0 saturated carbocycles. The number of hydrogen-bond acceptors (Lipinski definition) is 1. The highest BCUT2D eigenvalue weighted by Gasteiger charge is 2.06. The van der Waals surface area contributed by atoms with Crippen molar-refractivity contribution < 1.29 is 4.79 Å². The summed E-state index contributed by atoms with van der Waals surface area (Å²) in [4.78, 5) is 16.0. The largest absolute Gasteiger partial charge is 0.277 e. The average molecular weight is 225 g/mol. The summed E-state index contributed by atoms with van der Waals surface area (Å²) in [5.74, 6) is -0.169. The fourth-order valence-corrected chi connectivity index (χ4v) is 1.60. The monoisotopic (exact) mass is 225 g/mol. The Labute approximate surface area is 101 Å². The Morgan fingerprint density at radius 1 is 1.12 bits per heavy atom. The minimum absolute atomic E-state index is 0.169. The number of allylic oxidation sites excluding steroid dienone is 4. The molecule has 2 heteroatoms. The number of amides is 1. The van der Waals surface area contributed by atoms with Gasteiger partial charge in [0.1, 0.15) is 0 Å². The molecule has 0 bridgehead atoms. The molecule has 2 rings (SSSR count). The second kappa shape index (κ2) is 4.91. The molecule has 0 aliphatic heterocycles. The van der Waals surface area contributed by atoms with Crippen LogP contribution in [0.1, 0.15) is 29.3 Å². The van der Waals surface area contributed by atoms with Crippen LogP contribution in [0.15, 0.2) is 53.1 Å². The van der Waals surface area contributed by atoms with Gasteiger partial charge in [0.25, 0.3) is 5.91 Å². The van der Waals surface area contributed by atoms with Gasteiger partial charge >= 0.3 is 0 Å². The molecular formula is C15H15NO. The van der Waals surface area contributed by atoms with Gasteiger partial charge in [0.2, 0.25) is 0 Å². The van der Waals surface area contributed by atoms with Crippen molar-refractivity contribution in [3.63, 3.8) is 0 Å². The molecule has 0 unspecified atom stereocenters. The van der Waals surface area contributed by atoms with Gasteiger partial charge in [-0.15, -0.1) is 0 Å². The highest BCUT2D eigenvalue weighted by molar-refractivity contribution is 6.08. The summed E-state index contributed by atoms with van der Waals surface area (Å²) < 4.78 is 0. The topological polar surface area (TPSA) is 29.4 Å². The number of aliphatic imine (C=N–C) groups is 1. The molecule has 0 spiro atoms. The number of carbonyl (C=O) groups excluding carboxylic acids is 1. The van der Waals surface area contributed by atoms with Crippen LogP contribution in [0.2, 0.25) is 0 Å². The number of rotatable bonds is 1. The molecule has 0 aromatic heterocycles. The van der Waals surface area contributed by atoms with E-state index in [4.69, 9.17) is 0 Å². The summed E-state index contributed by atoms with van der Waals surface area (Å²) in [6.45, 7) is 4.03. The van der Waals surface area contributed by atoms with E-state index in [2.05, 4.69) is 11.1 Å². The first-order chi connectivity index (χ1) is 8.15. The van der Waals surface area contributed by atoms with Crippen molar-refractivity contribution in [3.05, 3.63) is 59.2 Å². The molecule has 0 heterocycles. The van der Waals surface area contributed by atoms with Crippen molar-refractivity contribution >= 4 is 11.6 Å². The lowest BCUT2D eigenvalue weighted by Gasteiger charge is -2.04. The van der Waals surface area contributed by atoms with Crippen LogP contribution < -0.4 is 0 Å². The van der Waals surface area contributed by atoms with Crippen LogP contribution in [0.5, 0.6) is 0 Å². The Bertz CT molecular complexity index is 518. The molecule has 0 fully saturated rings. The third-order valence-corrected chi connectivity index (χ3v) is 2.72. The summed E-state index contributed by atoms with van der Waals surface area (Å²) in [5.41, 5.74) is 3.82. The van der Waals surface area contributed by atoms with Crippen molar-refractivity contribution in [1.29, 1.82) is 0 Å². The van der Waals surface area contributed by atoms with Crippen molar-refractivity contribution in [2.45, 2.75) is 20.3 Å². The second-order valence-electron chi connectivity index (χ2n) is 4.26. The SMILES string of the molecule is CC1=CCC(=NC(=O)c2ccc(C)cc2)C=C1. The molecule has 17 heavy (non-hydrogen) atoms. The first-order valence-corrected chi connectivity index (χ1v) is 5.68. The van der Waals surface area contributed by atoms with Gasteiger partial charge in [-0.2, -0.15) is 0 Å². The molecule has 0 radical (unpaired) electrons. The zero-order chi connectivity index (χ0) is 12.3.